The molecule has 0 heterocycles. The Balaban J connectivity index is 2.10. The third kappa shape index (κ3) is 3.72. The van der Waals surface area contributed by atoms with Crippen LogP contribution in [0, 0.1) is 11.6 Å². The van der Waals surface area contributed by atoms with Crippen LogP contribution in [0.2, 0.25) is 10.0 Å². The van der Waals surface area contributed by atoms with Crippen molar-refractivity contribution in [1.29, 1.82) is 0 Å². The van der Waals surface area contributed by atoms with E-state index in [0.717, 1.165) is 30.0 Å². The van der Waals surface area contributed by atoms with Crippen molar-refractivity contribution in [2.75, 3.05) is 5.75 Å². The molecule has 0 aliphatic carbocycles. The van der Waals surface area contributed by atoms with E-state index in [2.05, 4.69) is 0 Å². The first-order chi connectivity index (χ1) is 9.47. The summed E-state index contributed by atoms with van der Waals surface area (Å²) in [4.78, 5) is 12.1. The Labute approximate surface area is 128 Å². The summed E-state index contributed by atoms with van der Waals surface area (Å²) in [5.74, 6) is -1.43. The average molecular weight is 333 g/mol. The Kier molecular flexibility index (Phi) is 5.02. The van der Waals surface area contributed by atoms with Crippen molar-refractivity contribution in [3.8, 4) is 0 Å². The number of carbonyl (C=O) groups is 1. The van der Waals surface area contributed by atoms with Gasteiger partial charge in [0.05, 0.1) is 10.8 Å². The number of rotatable bonds is 4. The number of hydrogen-bond donors (Lipinski definition) is 0. The number of benzene rings is 2. The quantitative estimate of drug-likeness (QED) is 0.562. The summed E-state index contributed by atoms with van der Waals surface area (Å²) in [7, 11) is 0. The summed E-state index contributed by atoms with van der Waals surface area (Å²) in [6, 6.07) is 7.62. The van der Waals surface area contributed by atoms with E-state index < -0.39 is 11.6 Å². The first-order valence-corrected chi connectivity index (χ1v) is 7.27. The van der Waals surface area contributed by atoms with E-state index >= 15 is 0 Å². The van der Waals surface area contributed by atoms with Crippen LogP contribution in [0.25, 0.3) is 0 Å². The van der Waals surface area contributed by atoms with E-state index in [1.165, 1.54) is 12.1 Å². The van der Waals surface area contributed by atoms with Crippen LogP contribution in [-0.2, 0) is 0 Å². The maximum absolute atomic E-state index is 13.4. The van der Waals surface area contributed by atoms with Gasteiger partial charge in [-0.15, -0.1) is 11.8 Å². The summed E-state index contributed by atoms with van der Waals surface area (Å²) < 4.78 is 26.4. The minimum Gasteiger partial charge on any atom is -0.293 e. The molecule has 0 saturated heterocycles. The van der Waals surface area contributed by atoms with Gasteiger partial charge < -0.3 is 0 Å². The van der Waals surface area contributed by atoms with Crippen LogP contribution in [0.3, 0.4) is 0 Å². The van der Waals surface area contributed by atoms with Crippen LogP contribution in [-0.4, -0.2) is 11.5 Å². The van der Waals surface area contributed by atoms with E-state index in [1.54, 1.807) is 6.07 Å². The third-order valence-corrected chi connectivity index (χ3v) is 4.06. The number of thioether (sulfide) groups is 1. The number of Topliss-reactive ketones (excluding diaryl/α,β-unsaturated/α-hetero) is 1. The Morgan fingerprint density at radius 2 is 1.85 bits per heavy atom. The SMILES string of the molecule is O=C(CSc1cc(F)ccc1F)c1ccc(Cl)cc1Cl. The molecule has 0 aliphatic heterocycles. The molecular weight excluding hydrogens is 325 g/mol. The lowest BCUT2D eigenvalue weighted by Crippen LogP contribution is -2.03. The van der Waals surface area contributed by atoms with Gasteiger partial charge in [0.2, 0.25) is 0 Å². The molecule has 0 spiro atoms. The smallest absolute Gasteiger partial charge is 0.174 e. The summed E-state index contributed by atoms with van der Waals surface area (Å²) in [5.41, 5.74) is 0.306. The lowest BCUT2D eigenvalue weighted by molar-refractivity contribution is 0.102. The minimum absolute atomic E-state index is 0.0400. The van der Waals surface area contributed by atoms with E-state index in [4.69, 9.17) is 23.2 Å². The van der Waals surface area contributed by atoms with Crippen LogP contribution in [0.4, 0.5) is 8.78 Å². The lowest BCUT2D eigenvalue weighted by atomic mass is 10.1. The summed E-state index contributed by atoms with van der Waals surface area (Å²) in [5, 5.41) is 0.665. The van der Waals surface area contributed by atoms with Crippen molar-refractivity contribution in [1.82, 2.24) is 0 Å². The highest BCUT2D eigenvalue weighted by Gasteiger charge is 2.13. The fourth-order valence-electron chi connectivity index (χ4n) is 1.52. The van der Waals surface area contributed by atoms with Gasteiger partial charge in [0.25, 0.3) is 0 Å². The summed E-state index contributed by atoms with van der Waals surface area (Å²) in [6.07, 6.45) is 0. The average Bonchev–Trinajstić information content (AvgIpc) is 2.39. The van der Waals surface area contributed by atoms with Crippen molar-refractivity contribution in [2.45, 2.75) is 4.90 Å². The minimum atomic E-state index is -0.564. The lowest BCUT2D eigenvalue weighted by Gasteiger charge is -2.05. The van der Waals surface area contributed by atoms with Crippen molar-refractivity contribution < 1.29 is 13.6 Å². The molecule has 2 aromatic carbocycles. The largest absolute Gasteiger partial charge is 0.293 e. The van der Waals surface area contributed by atoms with E-state index in [0.29, 0.717) is 10.6 Å². The number of carbonyl (C=O) groups excluding carboxylic acids is 1. The van der Waals surface area contributed by atoms with E-state index in [9.17, 15) is 13.6 Å². The molecule has 0 radical (unpaired) electrons. The van der Waals surface area contributed by atoms with Gasteiger partial charge in [-0.25, -0.2) is 8.78 Å². The van der Waals surface area contributed by atoms with Crippen molar-refractivity contribution in [3.05, 3.63) is 63.6 Å². The molecule has 0 unspecified atom stereocenters. The Morgan fingerprint density at radius 3 is 2.55 bits per heavy atom. The second-order valence-electron chi connectivity index (χ2n) is 3.91. The highest BCUT2D eigenvalue weighted by molar-refractivity contribution is 8.00. The molecule has 2 rings (SSSR count). The zero-order chi connectivity index (χ0) is 14.7. The fraction of sp³-hybridized carbons (Fsp3) is 0.0714. The Bertz CT molecular complexity index is 662. The van der Waals surface area contributed by atoms with Crippen LogP contribution < -0.4 is 0 Å². The fourth-order valence-corrected chi connectivity index (χ4v) is 2.88. The molecule has 0 amide bonds. The maximum atomic E-state index is 13.4. The standard InChI is InChI=1S/C14H8Cl2F2OS/c15-8-1-3-10(11(16)5-8)13(19)7-20-14-6-9(17)2-4-12(14)18/h1-6H,7H2. The van der Waals surface area contributed by atoms with E-state index in [1.807, 2.05) is 0 Å². The molecule has 0 bridgehead atoms. The van der Waals surface area contributed by atoms with Gasteiger partial charge in [0.1, 0.15) is 11.6 Å². The van der Waals surface area contributed by atoms with Gasteiger partial charge in [-0.3, -0.25) is 4.79 Å². The Hall–Kier alpha value is -1.10. The zero-order valence-electron chi connectivity index (χ0n) is 10.00. The molecule has 0 aliphatic rings. The monoisotopic (exact) mass is 332 g/mol. The molecule has 104 valence electrons. The zero-order valence-corrected chi connectivity index (χ0v) is 12.3. The summed E-state index contributed by atoms with van der Waals surface area (Å²) >= 11 is 12.6. The molecule has 1 nitrogen and oxygen atoms in total. The molecule has 20 heavy (non-hydrogen) atoms. The first-order valence-electron chi connectivity index (χ1n) is 5.53. The molecule has 2 aromatic rings. The first kappa shape index (κ1) is 15.3. The molecular formula is C14H8Cl2F2OS. The van der Waals surface area contributed by atoms with Crippen LogP contribution in [0.1, 0.15) is 10.4 Å². The van der Waals surface area contributed by atoms with Gasteiger partial charge >= 0.3 is 0 Å². The Morgan fingerprint density at radius 1 is 1.10 bits per heavy atom. The van der Waals surface area contributed by atoms with Gasteiger partial charge in [0, 0.05) is 15.5 Å². The summed E-state index contributed by atoms with van der Waals surface area (Å²) in [6.45, 7) is 0. The number of halogens is 4. The highest BCUT2D eigenvalue weighted by atomic mass is 35.5. The van der Waals surface area contributed by atoms with Crippen LogP contribution >= 0.6 is 35.0 Å². The molecule has 0 atom stereocenters. The predicted molar refractivity (Wildman–Crippen MR) is 77.9 cm³/mol. The van der Waals surface area contributed by atoms with Crippen molar-refractivity contribution in [2.24, 2.45) is 0 Å². The van der Waals surface area contributed by atoms with E-state index in [-0.39, 0.29) is 21.5 Å². The molecule has 0 N–H and O–H groups in total. The van der Waals surface area contributed by atoms with Crippen LogP contribution in [0.5, 0.6) is 0 Å². The van der Waals surface area contributed by atoms with Gasteiger partial charge in [-0.1, -0.05) is 23.2 Å². The predicted octanol–water partition coefficient (Wildman–Crippen LogP) is 5.25. The highest BCUT2D eigenvalue weighted by Crippen LogP contribution is 2.26. The molecule has 0 fully saturated rings. The normalized spacial score (nSPS) is 10.6. The van der Waals surface area contributed by atoms with Gasteiger partial charge in [0.15, 0.2) is 5.78 Å². The van der Waals surface area contributed by atoms with Crippen molar-refractivity contribution >= 4 is 40.7 Å². The number of hydrogen-bond acceptors (Lipinski definition) is 2. The second kappa shape index (κ2) is 6.57. The van der Waals surface area contributed by atoms with Gasteiger partial charge in [-0.2, -0.15) is 0 Å². The molecule has 0 saturated carbocycles. The maximum Gasteiger partial charge on any atom is 0.174 e. The third-order valence-electron chi connectivity index (χ3n) is 2.48. The topological polar surface area (TPSA) is 17.1 Å². The van der Waals surface area contributed by atoms with Crippen LogP contribution in [0.15, 0.2) is 41.3 Å². The van der Waals surface area contributed by atoms with Gasteiger partial charge in [-0.05, 0) is 36.4 Å². The van der Waals surface area contributed by atoms with Crippen molar-refractivity contribution in [3.63, 3.8) is 0 Å². The molecule has 0 aromatic heterocycles. The molecule has 6 heteroatoms. The second-order valence-corrected chi connectivity index (χ2v) is 5.77. The number of ketones is 1.